The van der Waals surface area contributed by atoms with Crippen molar-refractivity contribution in [1.29, 1.82) is 10.7 Å². The van der Waals surface area contributed by atoms with Crippen LogP contribution in [-0.4, -0.2) is 23.1 Å². The Morgan fingerprint density at radius 2 is 1.88 bits per heavy atom. The van der Waals surface area contributed by atoms with E-state index in [1.54, 1.807) is 24.3 Å². The average molecular weight is 367 g/mol. The summed E-state index contributed by atoms with van der Waals surface area (Å²) < 4.78 is 5.24. The summed E-state index contributed by atoms with van der Waals surface area (Å²) in [6.07, 6.45) is 0. The van der Waals surface area contributed by atoms with Crippen LogP contribution in [0.1, 0.15) is 22.3 Å². The monoisotopic (exact) mass is 367 g/mol. The van der Waals surface area contributed by atoms with E-state index in [1.165, 1.54) is 7.11 Å². The molecule has 3 rings (SSSR count). The van der Waals surface area contributed by atoms with E-state index >= 15 is 0 Å². The molecule has 1 aliphatic rings. The Labute approximate surface area is 155 Å². The maximum Gasteiger partial charge on any atom is 0.237 e. The quantitative estimate of drug-likeness (QED) is 0.649. The molecule has 7 heteroatoms. The molecule has 0 aromatic heterocycles. The van der Waals surface area contributed by atoms with E-state index in [2.05, 4.69) is 6.07 Å². The van der Waals surface area contributed by atoms with Gasteiger partial charge in [0.15, 0.2) is 0 Å². The van der Waals surface area contributed by atoms with Gasteiger partial charge in [-0.05, 0) is 23.3 Å². The van der Waals surface area contributed by atoms with Crippen molar-refractivity contribution in [2.45, 2.75) is 17.2 Å². The van der Waals surface area contributed by atoms with Crippen LogP contribution in [0.25, 0.3) is 0 Å². The van der Waals surface area contributed by atoms with Crippen molar-refractivity contribution in [3.05, 3.63) is 75.8 Å². The second-order valence-corrected chi connectivity index (χ2v) is 7.18. The minimum Gasteiger partial charge on any atom is -0.497 e. The van der Waals surface area contributed by atoms with Crippen molar-refractivity contribution >= 4 is 16.8 Å². The third-order valence-electron chi connectivity index (χ3n) is 4.56. The van der Waals surface area contributed by atoms with Gasteiger partial charge in [-0.2, -0.15) is 5.26 Å². The first kappa shape index (κ1) is 18.0. The van der Waals surface area contributed by atoms with Gasteiger partial charge in [-0.3, -0.25) is 15.5 Å². The first-order valence-corrected chi connectivity index (χ1v) is 8.92. The Bertz CT molecular complexity index is 866. The highest BCUT2D eigenvalue weighted by Crippen LogP contribution is 2.50. The lowest BCUT2D eigenvalue weighted by Crippen LogP contribution is -2.42. The van der Waals surface area contributed by atoms with Crippen molar-refractivity contribution < 1.29 is 9.66 Å². The summed E-state index contributed by atoms with van der Waals surface area (Å²) in [7, 11) is 1.53. The van der Waals surface area contributed by atoms with Gasteiger partial charge in [0.05, 0.1) is 24.1 Å². The van der Waals surface area contributed by atoms with Gasteiger partial charge in [0.1, 0.15) is 16.9 Å². The molecule has 1 aliphatic heterocycles. The highest BCUT2D eigenvalue weighted by atomic mass is 32.2. The summed E-state index contributed by atoms with van der Waals surface area (Å²) in [6, 6.07) is 17.2. The Hall–Kier alpha value is -2.85. The van der Waals surface area contributed by atoms with E-state index in [1.807, 2.05) is 30.3 Å². The molecule has 132 valence electrons. The Morgan fingerprint density at radius 3 is 2.50 bits per heavy atom. The molecule has 2 aromatic carbocycles. The van der Waals surface area contributed by atoms with Crippen molar-refractivity contribution in [3.8, 4) is 11.8 Å². The molecule has 0 amide bonds. The van der Waals surface area contributed by atoms with Crippen LogP contribution in [-0.2, 0) is 0 Å². The van der Waals surface area contributed by atoms with Crippen LogP contribution in [0.5, 0.6) is 5.75 Å². The largest absolute Gasteiger partial charge is 0.497 e. The molecule has 6 nitrogen and oxygen atoms in total. The van der Waals surface area contributed by atoms with Gasteiger partial charge in [-0.1, -0.05) is 54.2 Å². The third kappa shape index (κ3) is 3.28. The van der Waals surface area contributed by atoms with E-state index in [0.717, 1.165) is 17.3 Å². The number of thioether (sulfide) groups is 1. The van der Waals surface area contributed by atoms with Gasteiger partial charge >= 0.3 is 0 Å². The zero-order chi connectivity index (χ0) is 18.7. The summed E-state index contributed by atoms with van der Waals surface area (Å²) in [5, 5.41) is 29.6. The summed E-state index contributed by atoms with van der Waals surface area (Å²) in [4.78, 5) is 11.7. The maximum absolute atomic E-state index is 12.0. The van der Waals surface area contributed by atoms with Crippen LogP contribution in [0.3, 0.4) is 0 Å². The number of ether oxygens (including phenoxy) is 1. The number of methoxy groups -OCH3 is 1. The van der Waals surface area contributed by atoms with Gasteiger partial charge in [-0.25, -0.2) is 0 Å². The lowest BCUT2D eigenvalue weighted by molar-refractivity contribution is -0.528. The highest BCUT2D eigenvalue weighted by molar-refractivity contribution is 8.14. The fourth-order valence-corrected chi connectivity index (χ4v) is 4.68. The number of nitro groups is 1. The van der Waals surface area contributed by atoms with Crippen LogP contribution in [0.2, 0.25) is 0 Å². The molecular weight excluding hydrogens is 350 g/mol. The van der Waals surface area contributed by atoms with Crippen molar-refractivity contribution in [3.63, 3.8) is 0 Å². The average Bonchev–Trinajstić information content (AvgIpc) is 2.67. The van der Waals surface area contributed by atoms with Crippen LogP contribution in [0.4, 0.5) is 0 Å². The Morgan fingerprint density at radius 1 is 1.19 bits per heavy atom. The second kappa shape index (κ2) is 7.58. The molecule has 0 bridgehead atoms. The predicted octanol–water partition coefficient (Wildman–Crippen LogP) is 4.03. The van der Waals surface area contributed by atoms with Gasteiger partial charge in [0.25, 0.3) is 0 Å². The summed E-state index contributed by atoms with van der Waals surface area (Å²) in [6.45, 7) is 0. The SMILES string of the molecule is COc1cccc([C@H]2C(C#N)C(=N)S[C@@H](c3ccccc3)[C@@H]2[N+](=O)[O-])c1. The number of nitriles is 1. The first-order valence-electron chi connectivity index (χ1n) is 8.04. The van der Waals surface area contributed by atoms with Crippen LogP contribution < -0.4 is 4.74 Å². The Kier molecular flexibility index (Phi) is 5.24. The Balaban J connectivity index is 2.14. The zero-order valence-electron chi connectivity index (χ0n) is 14.0. The second-order valence-electron chi connectivity index (χ2n) is 6.00. The molecular formula is C19H17N3O3S. The number of hydrogen-bond acceptors (Lipinski definition) is 6. The van der Waals surface area contributed by atoms with Crippen LogP contribution >= 0.6 is 11.8 Å². The molecule has 1 N–H and O–H groups in total. The maximum atomic E-state index is 12.0. The fraction of sp³-hybridized carbons (Fsp3) is 0.263. The van der Waals surface area contributed by atoms with E-state index in [0.29, 0.717) is 11.3 Å². The lowest BCUT2D eigenvalue weighted by atomic mass is 9.78. The minimum absolute atomic E-state index is 0.160. The molecule has 1 unspecified atom stereocenters. The van der Waals surface area contributed by atoms with E-state index in [4.69, 9.17) is 10.1 Å². The molecule has 0 saturated carbocycles. The molecule has 2 aromatic rings. The molecule has 1 saturated heterocycles. The van der Waals surface area contributed by atoms with Crippen molar-refractivity contribution in [2.24, 2.45) is 5.92 Å². The smallest absolute Gasteiger partial charge is 0.237 e. The number of nitrogens with zero attached hydrogens (tertiary/aromatic N) is 2. The summed E-state index contributed by atoms with van der Waals surface area (Å²) in [5.74, 6) is -1.01. The molecule has 0 aliphatic carbocycles. The molecule has 1 heterocycles. The van der Waals surface area contributed by atoms with Crippen LogP contribution in [0.15, 0.2) is 54.6 Å². The molecule has 26 heavy (non-hydrogen) atoms. The molecule has 0 radical (unpaired) electrons. The molecule has 0 spiro atoms. The standard InChI is InChI=1S/C19H17N3O3S/c1-25-14-9-5-8-13(10-14)16-15(11-20)19(21)26-18(17(16)22(23)24)12-6-3-2-4-7-12/h2-10,15-18,21H,1H3/t15?,16-,17+,18-/m0/s1. The predicted molar refractivity (Wildman–Crippen MR) is 100 cm³/mol. The highest BCUT2D eigenvalue weighted by Gasteiger charge is 2.51. The van der Waals surface area contributed by atoms with E-state index < -0.39 is 23.1 Å². The lowest BCUT2D eigenvalue weighted by Gasteiger charge is -2.35. The first-order chi connectivity index (χ1) is 12.6. The summed E-state index contributed by atoms with van der Waals surface area (Å²) >= 11 is 1.10. The van der Waals surface area contributed by atoms with Gasteiger partial charge in [0, 0.05) is 4.92 Å². The summed E-state index contributed by atoms with van der Waals surface area (Å²) in [5.41, 5.74) is 1.43. The molecule has 1 fully saturated rings. The minimum atomic E-state index is -1.02. The third-order valence-corrected chi connectivity index (χ3v) is 5.88. The van der Waals surface area contributed by atoms with Gasteiger partial charge in [-0.15, -0.1) is 0 Å². The zero-order valence-corrected chi connectivity index (χ0v) is 14.8. The number of nitrogens with one attached hydrogen (secondary N) is 1. The van der Waals surface area contributed by atoms with E-state index in [-0.39, 0.29) is 9.97 Å². The van der Waals surface area contributed by atoms with Gasteiger partial charge in [0.2, 0.25) is 6.04 Å². The van der Waals surface area contributed by atoms with Gasteiger partial charge < -0.3 is 4.74 Å². The van der Waals surface area contributed by atoms with Crippen molar-refractivity contribution in [2.75, 3.05) is 7.11 Å². The normalized spacial score (nSPS) is 25.3. The van der Waals surface area contributed by atoms with Crippen molar-refractivity contribution in [1.82, 2.24) is 0 Å². The number of benzene rings is 2. The number of rotatable bonds is 4. The molecule has 4 atom stereocenters. The van der Waals surface area contributed by atoms with E-state index in [9.17, 15) is 15.4 Å². The number of hydrogen-bond donors (Lipinski definition) is 1. The van der Waals surface area contributed by atoms with Crippen LogP contribution in [0, 0.1) is 32.8 Å². The topological polar surface area (TPSA) is 100 Å². The fourth-order valence-electron chi connectivity index (χ4n) is 3.36.